The molecule has 0 aromatic carbocycles. The fourth-order valence-corrected chi connectivity index (χ4v) is 7.22. The summed E-state index contributed by atoms with van der Waals surface area (Å²) in [5, 5.41) is 0. The van der Waals surface area contributed by atoms with Gasteiger partial charge in [-0.1, -0.05) is 13.8 Å². The molecule has 20 heavy (non-hydrogen) atoms. The molecule has 2 bridgehead atoms. The smallest absolute Gasteiger partial charge is 0.265 e. The van der Waals surface area contributed by atoms with Crippen LogP contribution in [0.15, 0.2) is 0 Å². The Labute approximate surface area is 119 Å². The molecule has 0 aromatic heterocycles. The molecule has 0 aliphatic heterocycles. The molecule has 2 atom stereocenters. The first-order valence-corrected chi connectivity index (χ1v) is 10.0. The Balaban J connectivity index is 2.22. The van der Waals surface area contributed by atoms with Gasteiger partial charge in [0.15, 0.2) is 9.84 Å². The van der Waals surface area contributed by atoms with Crippen molar-refractivity contribution in [1.29, 1.82) is 0 Å². The number of fused-ring (bicyclic) bond motifs is 2. The van der Waals surface area contributed by atoms with Crippen molar-refractivity contribution >= 4 is 25.7 Å². The molecule has 0 spiro atoms. The van der Waals surface area contributed by atoms with E-state index >= 15 is 0 Å². The number of ketones is 1. The number of rotatable bonds is 5. The first-order chi connectivity index (χ1) is 8.90. The van der Waals surface area contributed by atoms with Crippen molar-refractivity contribution in [1.82, 2.24) is 0 Å². The van der Waals surface area contributed by atoms with Crippen molar-refractivity contribution in [2.45, 2.75) is 33.1 Å². The molecule has 116 valence electrons. The minimum absolute atomic E-state index is 0.0193. The van der Waals surface area contributed by atoms with Gasteiger partial charge in [-0.3, -0.25) is 9.35 Å². The Bertz CT molecular complexity index is 631. The fraction of sp³-hybridized carbons (Fsp3) is 0.917. The van der Waals surface area contributed by atoms with Gasteiger partial charge in [-0.25, -0.2) is 8.42 Å². The molecule has 0 amide bonds. The summed E-state index contributed by atoms with van der Waals surface area (Å²) >= 11 is 0. The van der Waals surface area contributed by atoms with E-state index in [0.29, 0.717) is 12.8 Å². The molecule has 1 N–H and O–H groups in total. The third kappa shape index (κ3) is 2.53. The Morgan fingerprint density at radius 2 is 1.80 bits per heavy atom. The van der Waals surface area contributed by atoms with Crippen LogP contribution in [0.5, 0.6) is 0 Å². The van der Waals surface area contributed by atoms with Crippen LogP contribution in [0.1, 0.15) is 33.1 Å². The zero-order chi connectivity index (χ0) is 15.4. The van der Waals surface area contributed by atoms with Crippen molar-refractivity contribution < 1.29 is 26.2 Å². The van der Waals surface area contributed by atoms with Crippen molar-refractivity contribution in [3.05, 3.63) is 0 Å². The van der Waals surface area contributed by atoms with Gasteiger partial charge < -0.3 is 0 Å². The predicted molar refractivity (Wildman–Crippen MR) is 73.6 cm³/mol. The molecule has 2 rings (SSSR count). The van der Waals surface area contributed by atoms with Crippen LogP contribution in [0, 0.1) is 16.7 Å². The van der Waals surface area contributed by atoms with Gasteiger partial charge in [0.25, 0.3) is 10.1 Å². The second-order valence-electron chi connectivity index (χ2n) is 6.54. The summed E-state index contributed by atoms with van der Waals surface area (Å²) in [7, 11) is -8.02. The molecule has 2 aliphatic carbocycles. The maximum Gasteiger partial charge on any atom is 0.265 e. The lowest BCUT2D eigenvalue weighted by molar-refractivity contribution is -0.128. The number of carbonyl (C=O) groups is 1. The largest absolute Gasteiger partial charge is 0.299 e. The normalized spacial score (nSPS) is 32.8. The summed E-state index contributed by atoms with van der Waals surface area (Å²) < 4.78 is 54.3. The molecule has 2 fully saturated rings. The van der Waals surface area contributed by atoms with E-state index in [-0.39, 0.29) is 22.9 Å². The van der Waals surface area contributed by atoms with Crippen LogP contribution < -0.4 is 0 Å². The average Bonchev–Trinajstić information content (AvgIpc) is 2.59. The van der Waals surface area contributed by atoms with Crippen molar-refractivity contribution in [3.63, 3.8) is 0 Å². The van der Waals surface area contributed by atoms with Gasteiger partial charge in [0, 0.05) is 11.8 Å². The van der Waals surface area contributed by atoms with E-state index in [1.54, 1.807) is 0 Å². The minimum atomic E-state index is -4.31. The van der Waals surface area contributed by atoms with Gasteiger partial charge in [0.2, 0.25) is 0 Å². The van der Waals surface area contributed by atoms with Crippen molar-refractivity contribution in [2.75, 3.05) is 17.3 Å². The number of hydrogen-bond acceptors (Lipinski definition) is 5. The van der Waals surface area contributed by atoms with Crippen LogP contribution in [-0.2, 0) is 24.7 Å². The highest BCUT2D eigenvalue weighted by Gasteiger charge is 2.65. The fourth-order valence-electron chi connectivity index (χ4n) is 3.79. The van der Waals surface area contributed by atoms with Gasteiger partial charge in [0.05, 0.1) is 17.3 Å². The van der Waals surface area contributed by atoms with E-state index in [9.17, 15) is 21.6 Å². The van der Waals surface area contributed by atoms with Crippen LogP contribution >= 0.6 is 0 Å². The monoisotopic (exact) mass is 324 g/mol. The third-order valence-electron chi connectivity index (χ3n) is 5.26. The number of sulfone groups is 1. The molecule has 0 aromatic rings. The topological polar surface area (TPSA) is 106 Å². The van der Waals surface area contributed by atoms with Gasteiger partial charge in [-0.15, -0.1) is 0 Å². The van der Waals surface area contributed by atoms with Crippen LogP contribution in [-0.4, -0.2) is 44.4 Å². The zero-order valence-corrected chi connectivity index (χ0v) is 13.3. The average molecular weight is 324 g/mol. The summed E-state index contributed by atoms with van der Waals surface area (Å²) in [5.41, 5.74) is -1.25. The molecule has 6 nitrogen and oxygen atoms in total. The van der Waals surface area contributed by atoms with Crippen LogP contribution in [0.4, 0.5) is 0 Å². The van der Waals surface area contributed by atoms with Gasteiger partial charge in [-0.2, -0.15) is 8.42 Å². The highest BCUT2D eigenvalue weighted by atomic mass is 32.2. The molecule has 0 heterocycles. The van der Waals surface area contributed by atoms with E-state index in [1.807, 2.05) is 13.8 Å². The molecule has 8 heteroatoms. The first-order valence-electron chi connectivity index (χ1n) is 6.59. The molecular weight excluding hydrogens is 304 g/mol. The lowest BCUT2D eigenvalue weighted by Crippen LogP contribution is -2.43. The third-order valence-corrected chi connectivity index (χ3v) is 7.99. The molecular formula is C12H20O6S2. The Kier molecular flexibility index (Phi) is 3.59. The van der Waals surface area contributed by atoms with E-state index in [4.69, 9.17) is 4.55 Å². The summed E-state index contributed by atoms with van der Waals surface area (Å²) in [5.74, 6) is -1.57. The van der Waals surface area contributed by atoms with E-state index in [2.05, 4.69) is 0 Å². The first kappa shape index (κ1) is 15.9. The van der Waals surface area contributed by atoms with E-state index in [0.717, 1.165) is 6.42 Å². The standard InChI is InChI=1S/C12H20O6S2/c1-11(2)9-3-4-12(11,10(13)7-9)8-19(14,15)5-6-20(16,17)18/h9H,3-8H2,1-2H3,(H,16,17,18). The SMILES string of the molecule is CC1(C)C2CCC1(CS(=O)(=O)CCS(=O)(=O)O)C(=O)C2. The van der Waals surface area contributed by atoms with Gasteiger partial charge in [0.1, 0.15) is 5.78 Å². The van der Waals surface area contributed by atoms with Gasteiger partial charge >= 0.3 is 0 Å². The quantitative estimate of drug-likeness (QED) is 0.746. The number of carbonyl (C=O) groups excluding carboxylic acids is 1. The second-order valence-corrected chi connectivity index (χ2v) is 10.3. The second kappa shape index (κ2) is 4.51. The summed E-state index contributed by atoms with van der Waals surface area (Å²) in [6.45, 7) is 3.85. The Morgan fingerprint density at radius 1 is 1.20 bits per heavy atom. The molecule has 2 saturated carbocycles. The van der Waals surface area contributed by atoms with Crippen LogP contribution in [0.2, 0.25) is 0 Å². The van der Waals surface area contributed by atoms with Crippen LogP contribution in [0.3, 0.4) is 0 Å². The maximum absolute atomic E-state index is 12.2. The summed E-state index contributed by atoms with van der Waals surface area (Å²) in [6, 6.07) is 0. The molecule has 0 saturated heterocycles. The molecule has 2 aliphatic rings. The zero-order valence-electron chi connectivity index (χ0n) is 11.6. The Morgan fingerprint density at radius 3 is 2.20 bits per heavy atom. The number of Topliss-reactive ketones (excluding diaryl/α,β-unsaturated/α-hetero) is 1. The van der Waals surface area contributed by atoms with E-state index in [1.165, 1.54) is 0 Å². The summed E-state index contributed by atoms with van der Waals surface area (Å²) in [4.78, 5) is 12.2. The molecule has 2 unspecified atom stereocenters. The van der Waals surface area contributed by atoms with Gasteiger partial charge in [-0.05, 0) is 24.2 Å². The highest BCUT2D eigenvalue weighted by molar-refractivity contribution is 7.93. The van der Waals surface area contributed by atoms with Crippen molar-refractivity contribution in [3.8, 4) is 0 Å². The Hall–Kier alpha value is -0.470. The van der Waals surface area contributed by atoms with E-state index < -0.39 is 36.9 Å². The highest BCUT2D eigenvalue weighted by Crippen LogP contribution is 2.64. The number of hydrogen-bond donors (Lipinski definition) is 1. The minimum Gasteiger partial charge on any atom is -0.299 e. The maximum atomic E-state index is 12.2. The van der Waals surface area contributed by atoms with Crippen molar-refractivity contribution in [2.24, 2.45) is 16.7 Å². The lowest BCUT2D eigenvalue weighted by atomic mass is 9.70. The molecule has 0 radical (unpaired) electrons. The summed E-state index contributed by atoms with van der Waals surface area (Å²) in [6.07, 6.45) is 1.81. The predicted octanol–water partition coefficient (Wildman–Crippen LogP) is 0.684. The van der Waals surface area contributed by atoms with Crippen LogP contribution in [0.25, 0.3) is 0 Å². The lowest BCUT2D eigenvalue weighted by Gasteiger charge is -2.36.